The molecule has 0 saturated carbocycles. The van der Waals surface area contributed by atoms with Gasteiger partial charge in [0.05, 0.1) is 0 Å². The Morgan fingerprint density at radius 1 is 1.32 bits per heavy atom. The Balaban J connectivity index is 1.70. The summed E-state index contributed by atoms with van der Waals surface area (Å²) in [4.78, 5) is 10.6. The molecule has 0 spiro atoms. The van der Waals surface area contributed by atoms with E-state index in [1.54, 1.807) is 0 Å². The molecule has 2 aromatic rings. The van der Waals surface area contributed by atoms with Crippen molar-refractivity contribution in [3.05, 3.63) is 47.1 Å². The molecular weight excluding hydrogens is 303 g/mol. The van der Waals surface area contributed by atoms with Gasteiger partial charge in [-0.3, -0.25) is 0 Å². The fourth-order valence-corrected chi connectivity index (χ4v) is 3.18. The molecule has 0 radical (unpaired) electrons. The van der Waals surface area contributed by atoms with Crippen LogP contribution in [0.25, 0.3) is 0 Å². The Hall–Kier alpha value is -1.88. The van der Waals surface area contributed by atoms with Crippen molar-refractivity contribution in [1.29, 1.82) is 0 Å². The highest BCUT2D eigenvalue weighted by Gasteiger charge is 2.26. The second-order valence-electron chi connectivity index (χ2n) is 5.54. The highest BCUT2D eigenvalue weighted by Crippen LogP contribution is 2.33. The molecule has 4 nitrogen and oxygen atoms in total. The van der Waals surface area contributed by atoms with Gasteiger partial charge in [0.1, 0.15) is 17.8 Å². The molecule has 1 saturated heterocycles. The first-order chi connectivity index (χ1) is 10.7. The van der Waals surface area contributed by atoms with Gasteiger partial charge in [0, 0.05) is 20.1 Å². The molecule has 2 heterocycles. The summed E-state index contributed by atoms with van der Waals surface area (Å²) >= 11 is 6.11. The maximum atomic E-state index is 13.0. The van der Waals surface area contributed by atoms with Crippen LogP contribution < -0.4 is 10.2 Å². The lowest BCUT2D eigenvalue weighted by molar-refractivity contribution is 0.583. The topological polar surface area (TPSA) is 41.1 Å². The third-order valence-electron chi connectivity index (χ3n) is 4.05. The first kappa shape index (κ1) is 15.0. The fraction of sp³-hybridized carbons (Fsp3) is 0.375. The lowest BCUT2D eigenvalue weighted by Gasteiger charge is -2.20. The molecule has 1 unspecified atom stereocenters. The Morgan fingerprint density at radius 3 is 2.82 bits per heavy atom. The first-order valence-corrected chi connectivity index (χ1v) is 7.73. The highest BCUT2D eigenvalue weighted by molar-refractivity contribution is 6.32. The molecule has 0 bridgehead atoms. The van der Waals surface area contributed by atoms with E-state index >= 15 is 0 Å². The monoisotopic (exact) mass is 320 g/mol. The molecule has 6 heteroatoms. The van der Waals surface area contributed by atoms with Crippen molar-refractivity contribution in [1.82, 2.24) is 9.97 Å². The van der Waals surface area contributed by atoms with Crippen LogP contribution in [0.15, 0.2) is 30.6 Å². The van der Waals surface area contributed by atoms with Crippen LogP contribution in [0, 0.1) is 11.7 Å². The minimum Gasteiger partial charge on any atom is -0.383 e. The maximum Gasteiger partial charge on any atom is 0.157 e. The molecule has 22 heavy (non-hydrogen) atoms. The lowest BCUT2D eigenvalue weighted by atomic mass is 9.99. The van der Waals surface area contributed by atoms with E-state index in [0.717, 1.165) is 37.4 Å². The van der Waals surface area contributed by atoms with E-state index < -0.39 is 0 Å². The number of rotatable bonds is 4. The number of aromatic nitrogens is 2. The summed E-state index contributed by atoms with van der Waals surface area (Å²) in [5.74, 6) is 1.19. The maximum absolute atomic E-state index is 13.0. The van der Waals surface area contributed by atoms with E-state index in [2.05, 4.69) is 20.2 Å². The van der Waals surface area contributed by atoms with Gasteiger partial charge in [-0.05, 0) is 36.5 Å². The van der Waals surface area contributed by atoms with Crippen LogP contribution in [0.3, 0.4) is 0 Å². The predicted molar refractivity (Wildman–Crippen MR) is 87.0 cm³/mol. The van der Waals surface area contributed by atoms with Crippen LogP contribution in [0.2, 0.25) is 5.15 Å². The zero-order chi connectivity index (χ0) is 15.5. The van der Waals surface area contributed by atoms with Gasteiger partial charge in [-0.2, -0.15) is 0 Å². The van der Waals surface area contributed by atoms with Crippen LogP contribution in [0.1, 0.15) is 12.0 Å². The minimum atomic E-state index is -0.189. The molecule has 1 aromatic carbocycles. The summed E-state index contributed by atoms with van der Waals surface area (Å²) in [7, 11) is 1.82. The van der Waals surface area contributed by atoms with Gasteiger partial charge in [0.2, 0.25) is 0 Å². The van der Waals surface area contributed by atoms with Crippen molar-refractivity contribution in [2.45, 2.75) is 12.8 Å². The average molecular weight is 321 g/mol. The Kier molecular flexibility index (Phi) is 4.43. The minimum absolute atomic E-state index is 0.189. The number of nitrogens with zero attached hydrogens (tertiary/aromatic N) is 3. The zero-order valence-electron chi connectivity index (χ0n) is 12.4. The molecule has 1 aromatic heterocycles. The summed E-state index contributed by atoms with van der Waals surface area (Å²) in [5.41, 5.74) is 1.94. The van der Waals surface area contributed by atoms with Gasteiger partial charge < -0.3 is 10.2 Å². The van der Waals surface area contributed by atoms with E-state index in [1.165, 1.54) is 24.0 Å². The van der Waals surface area contributed by atoms with Crippen LogP contribution in [0.5, 0.6) is 0 Å². The van der Waals surface area contributed by atoms with E-state index in [-0.39, 0.29) is 5.82 Å². The molecule has 1 N–H and O–H groups in total. The van der Waals surface area contributed by atoms with Gasteiger partial charge in [0.25, 0.3) is 0 Å². The fourth-order valence-electron chi connectivity index (χ4n) is 2.96. The van der Waals surface area contributed by atoms with Gasteiger partial charge in [-0.25, -0.2) is 14.4 Å². The third-order valence-corrected chi connectivity index (χ3v) is 4.34. The molecule has 0 amide bonds. The predicted octanol–water partition coefficient (Wildman–Crippen LogP) is 3.38. The average Bonchev–Trinajstić information content (AvgIpc) is 2.98. The molecule has 3 rings (SSSR count). The van der Waals surface area contributed by atoms with Gasteiger partial charge >= 0.3 is 0 Å². The van der Waals surface area contributed by atoms with Gasteiger partial charge in [0.15, 0.2) is 11.0 Å². The van der Waals surface area contributed by atoms with Crippen molar-refractivity contribution in [2.75, 3.05) is 30.4 Å². The Bertz CT molecular complexity index is 647. The number of halogens is 2. The smallest absolute Gasteiger partial charge is 0.157 e. The molecule has 1 aliphatic rings. The number of hydrogen-bond acceptors (Lipinski definition) is 4. The van der Waals surface area contributed by atoms with Crippen LogP contribution in [0.4, 0.5) is 15.9 Å². The summed E-state index contributed by atoms with van der Waals surface area (Å²) in [5, 5.41) is 3.51. The van der Waals surface area contributed by atoms with E-state index in [1.807, 2.05) is 19.2 Å². The van der Waals surface area contributed by atoms with Crippen molar-refractivity contribution >= 4 is 23.1 Å². The SMILES string of the molecule is CNc1c(Cl)ncnc1N1CCC(Cc2ccc(F)cc2)C1. The molecule has 116 valence electrons. The highest BCUT2D eigenvalue weighted by atomic mass is 35.5. The lowest BCUT2D eigenvalue weighted by Crippen LogP contribution is -2.22. The Morgan fingerprint density at radius 2 is 2.09 bits per heavy atom. The van der Waals surface area contributed by atoms with E-state index in [0.29, 0.717) is 11.1 Å². The van der Waals surface area contributed by atoms with Crippen LogP contribution >= 0.6 is 11.6 Å². The molecule has 0 aliphatic carbocycles. The number of benzene rings is 1. The summed E-state index contributed by atoms with van der Waals surface area (Å²) in [6.45, 7) is 1.85. The van der Waals surface area contributed by atoms with Crippen LogP contribution in [-0.2, 0) is 6.42 Å². The summed E-state index contributed by atoms with van der Waals surface area (Å²) in [6.07, 6.45) is 3.53. The largest absolute Gasteiger partial charge is 0.383 e. The molecule has 1 fully saturated rings. The zero-order valence-corrected chi connectivity index (χ0v) is 13.1. The molecular formula is C16H18ClFN4. The van der Waals surface area contributed by atoms with Crippen molar-refractivity contribution in [3.8, 4) is 0 Å². The normalized spacial score (nSPS) is 17.8. The van der Waals surface area contributed by atoms with Crippen molar-refractivity contribution in [3.63, 3.8) is 0 Å². The summed E-state index contributed by atoms with van der Waals surface area (Å²) < 4.78 is 13.0. The second-order valence-corrected chi connectivity index (χ2v) is 5.90. The quantitative estimate of drug-likeness (QED) is 0.877. The summed E-state index contributed by atoms with van der Waals surface area (Å²) in [6, 6.07) is 6.76. The van der Waals surface area contributed by atoms with Crippen molar-refractivity contribution in [2.24, 2.45) is 5.92 Å². The second kappa shape index (κ2) is 6.48. The van der Waals surface area contributed by atoms with Crippen LogP contribution in [-0.4, -0.2) is 30.1 Å². The van der Waals surface area contributed by atoms with E-state index in [9.17, 15) is 4.39 Å². The van der Waals surface area contributed by atoms with Gasteiger partial charge in [-0.15, -0.1) is 0 Å². The standard InChI is InChI=1S/C16H18ClFN4/c1-19-14-15(17)20-10-21-16(14)22-7-6-12(9-22)8-11-2-4-13(18)5-3-11/h2-5,10,12,19H,6-9H2,1H3. The Labute approximate surface area is 134 Å². The number of hydrogen-bond donors (Lipinski definition) is 1. The van der Waals surface area contributed by atoms with E-state index in [4.69, 9.17) is 11.6 Å². The third kappa shape index (κ3) is 3.14. The number of anilines is 2. The first-order valence-electron chi connectivity index (χ1n) is 7.35. The van der Waals surface area contributed by atoms with Crippen molar-refractivity contribution < 1.29 is 4.39 Å². The molecule has 1 atom stereocenters. The molecule has 1 aliphatic heterocycles. The van der Waals surface area contributed by atoms with Gasteiger partial charge in [-0.1, -0.05) is 23.7 Å². The number of nitrogens with one attached hydrogen (secondary N) is 1.